The summed E-state index contributed by atoms with van der Waals surface area (Å²) in [5.74, 6) is -2.20. The van der Waals surface area contributed by atoms with Gasteiger partial charge in [0.05, 0.1) is 50.4 Å². The minimum Gasteiger partial charge on any atom is -0.505 e. The molecular formula is C26H24N2O8. The molecule has 0 aromatic heterocycles. The number of benzene rings is 3. The number of fused-ring (bicyclic) bond motifs is 1. The van der Waals surface area contributed by atoms with Crippen molar-refractivity contribution in [3.05, 3.63) is 71.4 Å². The zero-order valence-corrected chi connectivity index (χ0v) is 19.9. The van der Waals surface area contributed by atoms with Gasteiger partial charge in [0, 0.05) is 5.39 Å². The molecule has 1 aliphatic heterocycles. The first-order valence-electron chi connectivity index (χ1n) is 10.8. The lowest BCUT2D eigenvalue weighted by Crippen LogP contribution is -2.39. The Morgan fingerprint density at radius 3 is 2.39 bits per heavy atom. The number of esters is 2. The molecule has 0 fully saturated rings. The van der Waals surface area contributed by atoms with Gasteiger partial charge in [0.1, 0.15) is 18.2 Å². The third-order valence-corrected chi connectivity index (χ3v) is 5.70. The van der Waals surface area contributed by atoms with Crippen molar-refractivity contribution in [3.63, 3.8) is 0 Å². The number of phenols is 1. The maximum atomic E-state index is 13.3. The molecule has 0 spiro atoms. The van der Waals surface area contributed by atoms with Crippen LogP contribution in [-0.4, -0.2) is 57.6 Å². The minimum atomic E-state index is -0.828. The van der Waals surface area contributed by atoms with Crippen LogP contribution in [0.1, 0.15) is 10.4 Å². The number of carbonyl (C=O) groups is 3. The number of nitrogens with one attached hydrogen (secondary N) is 1. The van der Waals surface area contributed by atoms with Gasteiger partial charge in [-0.3, -0.25) is 4.79 Å². The van der Waals surface area contributed by atoms with Gasteiger partial charge in [-0.2, -0.15) is 0 Å². The van der Waals surface area contributed by atoms with E-state index < -0.39 is 23.6 Å². The smallest absolute Gasteiger partial charge is 0.355 e. The number of phenolic OH excluding ortho intramolecular Hbond substituents is 1. The normalized spacial score (nSPS) is 13.4. The van der Waals surface area contributed by atoms with Gasteiger partial charge in [-0.05, 0) is 23.6 Å². The van der Waals surface area contributed by atoms with Crippen LogP contribution in [0.5, 0.6) is 11.5 Å². The summed E-state index contributed by atoms with van der Waals surface area (Å²) >= 11 is 0. The van der Waals surface area contributed by atoms with Crippen LogP contribution in [0.4, 0.5) is 11.4 Å². The second-order valence-corrected chi connectivity index (χ2v) is 7.71. The van der Waals surface area contributed by atoms with Crippen LogP contribution < -0.4 is 15.0 Å². The standard InChI is InChI=1S/C26H24N2O8/c1-33-20-11-7-6-10-19(20)27-24(30)17-12-15-8-4-5-9-16(15)21(23(17)29)28-14-36-13-18(25(31)34-2)22(28)26(32)35-3/h4-12,29H,13-14H2,1-3H3,(H,27,30). The summed E-state index contributed by atoms with van der Waals surface area (Å²) in [5.41, 5.74) is 0.202. The Morgan fingerprint density at radius 1 is 0.972 bits per heavy atom. The Labute approximate surface area is 206 Å². The first-order chi connectivity index (χ1) is 17.4. The van der Waals surface area contributed by atoms with Gasteiger partial charge < -0.3 is 34.3 Å². The number of carbonyl (C=O) groups excluding carboxylic acids is 3. The van der Waals surface area contributed by atoms with Crippen LogP contribution in [0.3, 0.4) is 0 Å². The van der Waals surface area contributed by atoms with Crippen LogP contribution in [0, 0.1) is 0 Å². The van der Waals surface area contributed by atoms with E-state index in [1.54, 1.807) is 48.5 Å². The second kappa shape index (κ2) is 10.4. The van der Waals surface area contributed by atoms with Gasteiger partial charge in [-0.1, -0.05) is 36.4 Å². The molecule has 1 aliphatic rings. The number of anilines is 2. The van der Waals surface area contributed by atoms with Crippen LogP contribution in [0.15, 0.2) is 65.9 Å². The Hall–Kier alpha value is -4.57. The fourth-order valence-corrected chi connectivity index (χ4v) is 4.02. The first kappa shape index (κ1) is 24.6. The summed E-state index contributed by atoms with van der Waals surface area (Å²) in [5, 5.41) is 15.2. The van der Waals surface area contributed by atoms with Gasteiger partial charge in [0.25, 0.3) is 5.91 Å². The zero-order valence-electron chi connectivity index (χ0n) is 19.9. The number of nitrogens with zero attached hydrogens (tertiary/aromatic N) is 1. The van der Waals surface area contributed by atoms with Crippen molar-refractivity contribution in [2.75, 3.05) is 44.9 Å². The van der Waals surface area contributed by atoms with Crippen molar-refractivity contribution in [2.45, 2.75) is 0 Å². The highest BCUT2D eigenvalue weighted by Crippen LogP contribution is 2.42. The van der Waals surface area contributed by atoms with E-state index in [0.29, 0.717) is 22.2 Å². The average molecular weight is 492 g/mol. The molecule has 3 aromatic carbocycles. The molecule has 36 heavy (non-hydrogen) atoms. The predicted octanol–water partition coefficient (Wildman–Crippen LogP) is 3.20. The average Bonchev–Trinajstić information content (AvgIpc) is 2.91. The van der Waals surface area contributed by atoms with E-state index >= 15 is 0 Å². The topological polar surface area (TPSA) is 124 Å². The quantitative estimate of drug-likeness (QED) is 0.499. The zero-order chi connectivity index (χ0) is 25.8. The number of methoxy groups -OCH3 is 3. The Morgan fingerprint density at radius 2 is 1.67 bits per heavy atom. The molecule has 0 bridgehead atoms. The molecular weight excluding hydrogens is 468 g/mol. The first-order valence-corrected chi connectivity index (χ1v) is 10.8. The van der Waals surface area contributed by atoms with Gasteiger partial charge in [-0.25, -0.2) is 9.59 Å². The van der Waals surface area contributed by atoms with E-state index in [9.17, 15) is 19.5 Å². The van der Waals surface area contributed by atoms with Crippen molar-refractivity contribution in [1.82, 2.24) is 0 Å². The van der Waals surface area contributed by atoms with E-state index in [1.807, 2.05) is 0 Å². The summed E-state index contributed by atoms with van der Waals surface area (Å²) in [7, 11) is 3.83. The molecule has 2 N–H and O–H groups in total. The predicted molar refractivity (Wildman–Crippen MR) is 131 cm³/mol. The molecule has 0 unspecified atom stereocenters. The molecule has 1 heterocycles. The Kier molecular flexibility index (Phi) is 7.07. The van der Waals surface area contributed by atoms with Gasteiger partial charge in [-0.15, -0.1) is 0 Å². The molecule has 10 heteroatoms. The van der Waals surface area contributed by atoms with Crippen LogP contribution in [0.25, 0.3) is 10.8 Å². The second-order valence-electron chi connectivity index (χ2n) is 7.71. The number of para-hydroxylation sites is 2. The number of amides is 1. The third kappa shape index (κ3) is 4.41. The highest BCUT2D eigenvalue weighted by molar-refractivity contribution is 6.14. The molecule has 0 saturated carbocycles. The largest absolute Gasteiger partial charge is 0.505 e. The number of hydrogen-bond donors (Lipinski definition) is 2. The van der Waals surface area contributed by atoms with Crippen LogP contribution in [0.2, 0.25) is 0 Å². The van der Waals surface area contributed by atoms with Gasteiger partial charge >= 0.3 is 11.9 Å². The summed E-state index contributed by atoms with van der Waals surface area (Å²) in [6.45, 7) is -0.389. The van der Waals surface area contributed by atoms with E-state index in [0.717, 1.165) is 0 Å². The number of rotatable bonds is 6. The van der Waals surface area contributed by atoms with E-state index in [4.69, 9.17) is 18.9 Å². The highest BCUT2D eigenvalue weighted by Gasteiger charge is 2.35. The molecule has 0 aliphatic carbocycles. The van der Waals surface area contributed by atoms with Crippen LogP contribution in [-0.2, 0) is 23.8 Å². The fourth-order valence-electron chi connectivity index (χ4n) is 4.02. The lowest BCUT2D eigenvalue weighted by molar-refractivity contribution is -0.140. The Balaban J connectivity index is 1.91. The molecule has 10 nitrogen and oxygen atoms in total. The van der Waals surface area contributed by atoms with E-state index in [2.05, 4.69) is 5.32 Å². The van der Waals surface area contributed by atoms with Gasteiger partial charge in [0.2, 0.25) is 0 Å². The van der Waals surface area contributed by atoms with Gasteiger partial charge in [0.15, 0.2) is 5.75 Å². The maximum Gasteiger partial charge on any atom is 0.355 e. The molecule has 4 rings (SSSR count). The Bertz CT molecular complexity index is 1380. The molecule has 0 atom stereocenters. The summed E-state index contributed by atoms with van der Waals surface area (Å²) in [6.07, 6.45) is 0. The highest BCUT2D eigenvalue weighted by atomic mass is 16.5. The van der Waals surface area contributed by atoms with Crippen molar-refractivity contribution < 1.29 is 38.4 Å². The summed E-state index contributed by atoms with van der Waals surface area (Å²) in [4.78, 5) is 39.9. The van der Waals surface area contributed by atoms with Crippen molar-refractivity contribution in [2.24, 2.45) is 0 Å². The number of aromatic hydroxyl groups is 1. The molecule has 0 saturated heterocycles. The van der Waals surface area contributed by atoms with E-state index in [1.165, 1.54) is 32.3 Å². The summed E-state index contributed by atoms with van der Waals surface area (Å²) in [6, 6.07) is 15.4. The maximum absolute atomic E-state index is 13.3. The molecule has 0 radical (unpaired) electrons. The summed E-state index contributed by atoms with van der Waals surface area (Å²) < 4.78 is 20.6. The lowest BCUT2D eigenvalue weighted by Gasteiger charge is -2.32. The number of hydrogen-bond acceptors (Lipinski definition) is 9. The van der Waals surface area contributed by atoms with Crippen LogP contribution >= 0.6 is 0 Å². The van der Waals surface area contributed by atoms with E-state index in [-0.39, 0.29) is 35.9 Å². The SMILES string of the molecule is COC(=O)C1=C(C(=O)OC)N(c2c(O)c(C(=O)Nc3ccccc3OC)cc3ccccc23)COC1. The van der Waals surface area contributed by atoms with Crippen molar-refractivity contribution >= 4 is 40.0 Å². The van der Waals surface area contributed by atoms with Crippen molar-refractivity contribution in [1.29, 1.82) is 0 Å². The van der Waals surface area contributed by atoms with Crippen molar-refractivity contribution in [3.8, 4) is 11.5 Å². The fraction of sp³-hybridized carbons (Fsp3) is 0.192. The minimum absolute atomic E-state index is 0.0657. The lowest BCUT2D eigenvalue weighted by atomic mass is 10.0. The molecule has 186 valence electrons. The number of ether oxygens (including phenoxy) is 4. The molecule has 3 aromatic rings. The molecule has 1 amide bonds. The third-order valence-electron chi connectivity index (χ3n) is 5.70. The monoisotopic (exact) mass is 492 g/mol.